The quantitative estimate of drug-likeness (QED) is 0.512. The van der Waals surface area contributed by atoms with Crippen molar-refractivity contribution in [3.63, 3.8) is 0 Å². The molecular formula is C18H29Ir-2. The molecule has 0 aliphatic heterocycles. The molecule has 0 atom stereocenters. The van der Waals surface area contributed by atoms with Gasteiger partial charge in [0.25, 0.3) is 0 Å². The normalized spacial score (nSPS) is 8.74. The van der Waals surface area contributed by atoms with E-state index in [0.717, 1.165) is 0 Å². The van der Waals surface area contributed by atoms with E-state index in [1.807, 2.05) is 6.08 Å². The number of hydrogen-bond donors (Lipinski definition) is 0. The Morgan fingerprint density at radius 2 is 1.79 bits per heavy atom. The van der Waals surface area contributed by atoms with E-state index < -0.39 is 0 Å². The van der Waals surface area contributed by atoms with Gasteiger partial charge in [-0.1, -0.05) is 53.2 Å². The predicted octanol–water partition coefficient (Wildman–Crippen LogP) is 5.82. The second-order valence-corrected chi connectivity index (χ2v) is 4.31. The zero-order valence-corrected chi connectivity index (χ0v) is 15.6. The van der Waals surface area contributed by atoms with Crippen LogP contribution in [0.4, 0.5) is 0 Å². The van der Waals surface area contributed by atoms with Crippen molar-refractivity contribution in [2.75, 3.05) is 0 Å². The third kappa shape index (κ3) is 12.1. The minimum atomic E-state index is 0. The average molecular weight is 438 g/mol. The molecule has 0 aliphatic carbocycles. The van der Waals surface area contributed by atoms with E-state index in [-0.39, 0.29) is 20.1 Å². The summed E-state index contributed by atoms with van der Waals surface area (Å²) >= 11 is 0. The molecule has 2 radical (unpaired) electrons. The van der Waals surface area contributed by atoms with Crippen LogP contribution >= 0.6 is 0 Å². The van der Waals surface area contributed by atoms with Gasteiger partial charge in [-0.15, -0.1) is 0 Å². The van der Waals surface area contributed by atoms with Gasteiger partial charge >= 0.3 is 0 Å². The molecule has 0 spiro atoms. The van der Waals surface area contributed by atoms with E-state index in [9.17, 15) is 0 Å². The summed E-state index contributed by atoms with van der Waals surface area (Å²) in [6.07, 6.45) is 7.80. The van der Waals surface area contributed by atoms with Crippen LogP contribution in [0.3, 0.4) is 0 Å². The van der Waals surface area contributed by atoms with E-state index >= 15 is 0 Å². The molecule has 1 aromatic carbocycles. The van der Waals surface area contributed by atoms with Gasteiger partial charge in [0.15, 0.2) is 0 Å². The summed E-state index contributed by atoms with van der Waals surface area (Å²) < 4.78 is 0. The van der Waals surface area contributed by atoms with Crippen molar-refractivity contribution in [3.05, 3.63) is 67.0 Å². The molecular weight excluding hydrogens is 408 g/mol. The van der Waals surface area contributed by atoms with Crippen LogP contribution in [0.1, 0.15) is 42.0 Å². The summed E-state index contributed by atoms with van der Waals surface area (Å²) in [5.41, 5.74) is 5.75. The minimum absolute atomic E-state index is 0. The van der Waals surface area contributed by atoms with Crippen LogP contribution in [0.15, 0.2) is 30.9 Å². The van der Waals surface area contributed by atoms with E-state index in [4.69, 9.17) is 0 Å². The van der Waals surface area contributed by atoms with Gasteiger partial charge in [-0.3, -0.25) is 0 Å². The van der Waals surface area contributed by atoms with E-state index in [0.29, 0.717) is 0 Å². The molecule has 1 rings (SSSR count). The molecule has 0 nitrogen and oxygen atoms in total. The van der Waals surface area contributed by atoms with Gasteiger partial charge in [-0.25, -0.2) is 19.6 Å². The Balaban J connectivity index is -0.000000226. The van der Waals surface area contributed by atoms with Gasteiger partial charge in [0.1, 0.15) is 0 Å². The first-order valence-electron chi connectivity index (χ1n) is 6.50. The molecule has 0 fully saturated rings. The van der Waals surface area contributed by atoms with Crippen molar-refractivity contribution in [1.29, 1.82) is 0 Å². The smallest absolute Gasteiger partial charge is 0 e. The van der Waals surface area contributed by atoms with Gasteiger partial charge in [-0.2, -0.15) is 28.3 Å². The summed E-state index contributed by atoms with van der Waals surface area (Å²) in [6.45, 7) is 20.9. The Bertz CT molecular complexity index is 320. The fourth-order valence-corrected chi connectivity index (χ4v) is 1.42. The molecule has 0 aromatic heterocycles. The maximum atomic E-state index is 3.54. The maximum absolute atomic E-state index is 3.54. The van der Waals surface area contributed by atoms with Gasteiger partial charge in [-0.05, 0) is 13.3 Å². The van der Waals surface area contributed by atoms with Crippen molar-refractivity contribution in [2.24, 2.45) is 0 Å². The summed E-state index contributed by atoms with van der Waals surface area (Å²) in [6, 6.07) is 2.24. The zero-order valence-electron chi connectivity index (χ0n) is 13.2. The van der Waals surface area contributed by atoms with Crippen LogP contribution in [0.2, 0.25) is 0 Å². The Kier molecular flexibility index (Phi) is 19.0. The second kappa shape index (κ2) is 15.4. The number of rotatable bonds is 2. The fraction of sp³-hybridized carbons (Fsp3) is 0.389. The average Bonchev–Trinajstić information content (AvgIpc) is 2.55. The van der Waals surface area contributed by atoms with E-state index in [1.54, 1.807) is 0 Å². The van der Waals surface area contributed by atoms with Crippen molar-refractivity contribution < 1.29 is 20.1 Å². The van der Waals surface area contributed by atoms with Crippen molar-refractivity contribution >= 4 is 0 Å². The van der Waals surface area contributed by atoms with Crippen LogP contribution in [-0.2, 0) is 20.1 Å². The number of unbranched alkanes of at least 4 members (excludes halogenated alkanes) is 1. The summed E-state index contributed by atoms with van der Waals surface area (Å²) in [5, 5.41) is 0. The first-order valence-corrected chi connectivity index (χ1v) is 6.50. The zero-order chi connectivity index (χ0) is 14.6. The summed E-state index contributed by atoms with van der Waals surface area (Å²) in [4.78, 5) is 0. The van der Waals surface area contributed by atoms with Gasteiger partial charge in [0.05, 0.1) is 0 Å². The third-order valence-corrected chi connectivity index (χ3v) is 2.80. The molecule has 0 bridgehead atoms. The van der Waals surface area contributed by atoms with E-state index in [1.165, 1.54) is 41.2 Å². The van der Waals surface area contributed by atoms with Crippen LogP contribution in [-0.4, -0.2) is 0 Å². The number of aryl methyl sites for hydroxylation is 2. The van der Waals surface area contributed by atoms with Crippen molar-refractivity contribution in [2.45, 2.75) is 47.5 Å². The van der Waals surface area contributed by atoms with Crippen LogP contribution in [0.25, 0.3) is 0 Å². The summed E-state index contributed by atoms with van der Waals surface area (Å²) in [7, 11) is 0. The number of allylic oxidation sites excluding steroid dienone is 3. The fourth-order valence-electron chi connectivity index (χ4n) is 1.42. The van der Waals surface area contributed by atoms with E-state index in [2.05, 4.69) is 67.2 Å². The third-order valence-electron chi connectivity index (χ3n) is 2.80. The standard InChI is InChI=1S/C9H13.C6H11.C3H5.Ir/c1-6-5-7(2)9(4)8(6)3;1-3-5-6-4-2;1-3-2;/h5H,1-4H3;3,5H,1,4,6H2,2H3;3H,1-2H2;/q-1;;-1;/b;5-3+;;. The molecule has 0 amide bonds. The molecule has 19 heavy (non-hydrogen) atoms. The SMILES string of the molecule is C=C[CH2-].Cc1c[c-](C)c(C)c1C.[CH2]/C=C/CCC.[Ir]. The topological polar surface area (TPSA) is 0 Å². The Morgan fingerprint density at radius 1 is 1.32 bits per heavy atom. The van der Waals surface area contributed by atoms with Gasteiger partial charge in [0.2, 0.25) is 0 Å². The summed E-state index contributed by atoms with van der Waals surface area (Å²) in [5.74, 6) is 0. The molecule has 112 valence electrons. The van der Waals surface area contributed by atoms with Gasteiger partial charge < -0.3 is 0 Å². The molecule has 0 saturated heterocycles. The van der Waals surface area contributed by atoms with Crippen LogP contribution in [0.5, 0.6) is 0 Å². The maximum Gasteiger partial charge on any atom is 0 e. The van der Waals surface area contributed by atoms with Crippen molar-refractivity contribution in [3.8, 4) is 0 Å². The second-order valence-electron chi connectivity index (χ2n) is 4.31. The largest absolute Gasteiger partial charge is 0.245 e. The molecule has 0 aliphatic rings. The number of hydrogen-bond acceptors (Lipinski definition) is 0. The first-order chi connectivity index (χ1) is 8.45. The Labute approximate surface area is 134 Å². The van der Waals surface area contributed by atoms with Crippen molar-refractivity contribution in [1.82, 2.24) is 0 Å². The molecule has 0 unspecified atom stereocenters. The first kappa shape index (κ1) is 23.4. The van der Waals surface area contributed by atoms with Crippen LogP contribution in [0, 0.1) is 41.5 Å². The molecule has 0 N–H and O–H groups in total. The minimum Gasteiger partial charge on any atom is -0.245 e. The molecule has 1 aromatic rings. The molecule has 0 heterocycles. The molecule has 0 saturated carbocycles. The van der Waals surface area contributed by atoms with Crippen LogP contribution < -0.4 is 0 Å². The Hall–Kier alpha value is -0.651. The Morgan fingerprint density at radius 3 is 1.89 bits per heavy atom. The van der Waals surface area contributed by atoms with Gasteiger partial charge in [0, 0.05) is 20.1 Å². The predicted molar refractivity (Wildman–Crippen MR) is 85.9 cm³/mol. The molecule has 1 heteroatoms. The monoisotopic (exact) mass is 438 g/mol.